The van der Waals surface area contributed by atoms with Crippen molar-refractivity contribution in [1.82, 2.24) is 25.2 Å². The predicted octanol–water partition coefficient (Wildman–Crippen LogP) is 4.73. The highest BCUT2D eigenvalue weighted by atomic mass is 32.2. The monoisotopic (exact) mass is 862 g/mol. The van der Waals surface area contributed by atoms with Gasteiger partial charge in [-0.2, -0.15) is 13.2 Å². The van der Waals surface area contributed by atoms with Crippen molar-refractivity contribution in [1.29, 1.82) is 0 Å². The van der Waals surface area contributed by atoms with E-state index in [0.717, 1.165) is 11.1 Å². The summed E-state index contributed by atoms with van der Waals surface area (Å²) in [5, 5.41) is 6.55. The third-order valence-electron chi connectivity index (χ3n) is 12.8. The largest absolute Gasteiger partial charge is 0.489 e. The Balaban J connectivity index is 1.23. The maximum absolute atomic E-state index is 14.8. The first-order valence-electron chi connectivity index (χ1n) is 20.4. The number of halogens is 3. The van der Waals surface area contributed by atoms with Crippen LogP contribution in [0.5, 0.6) is 11.6 Å². The molecule has 3 N–H and O–H groups in total. The van der Waals surface area contributed by atoms with E-state index in [4.69, 9.17) is 14.2 Å². The van der Waals surface area contributed by atoms with Gasteiger partial charge in [0.25, 0.3) is 5.91 Å². The summed E-state index contributed by atoms with van der Waals surface area (Å²) < 4.78 is 86.2. The first-order valence-corrected chi connectivity index (χ1v) is 21.9. The normalized spacial score (nSPS) is 29.9. The number of hydrogen-bond acceptors (Lipinski definition) is 11. The molecule has 2 aliphatic carbocycles. The topological polar surface area (TPSA) is 186 Å². The van der Waals surface area contributed by atoms with Gasteiger partial charge in [0.05, 0.1) is 23.5 Å². The van der Waals surface area contributed by atoms with E-state index in [1.165, 1.54) is 4.90 Å². The van der Waals surface area contributed by atoms with Crippen LogP contribution >= 0.6 is 0 Å². The first kappa shape index (κ1) is 43.3. The number of nitrogens with zero attached hydrogens (tertiary/aromatic N) is 3. The fraction of sp³-hybridized carbons (Fsp3) is 0.634. The Hall–Kier alpha value is -4.81. The Kier molecular flexibility index (Phi) is 11.2. The van der Waals surface area contributed by atoms with Crippen molar-refractivity contribution in [2.24, 2.45) is 17.8 Å². The van der Waals surface area contributed by atoms with E-state index < -0.39 is 85.9 Å². The van der Waals surface area contributed by atoms with Crippen LogP contribution in [0.25, 0.3) is 10.8 Å². The third kappa shape index (κ3) is 8.29. The molecule has 3 fully saturated rings. The van der Waals surface area contributed by atoms with Gasteiger partial charge in [-0.05, 0) is 89.3 Å². The second kappa shape index (κ2) is 15.6. The molecule has 1 aromatic heterocycles. The second-order valence-corrected chi connectivity index (χ2v) is 20.1. The second-order valence-electron chi connectivity index (χ2n) is 17.9. The quantitative estimate of drug-likeness (QED) is 0.327. The molecule has 3 aliphatic heterocycles. The molecule has 7 atom stereocenters. The maximum Gasteiger partial charge on any atom is 0.427 e. The molecule has 15 nitrogen and oxygen atoms in total. The van der Waals surface area contributed by atoms with Crippen molar-refractivity contribution in [3.05, 3.63) is 36.5 Å². The van der Waals surface area contributed by atoms with Crippen molar-refractivity contribution >= 4 is 50.3 Å². The van der Waals surface area contributed by atoms with E-state index in [-0.39, 0.29) is 31.2 Å². The third-order valence-corrected chi connectivity index (χ3v) is 14.9. The van der Waals surface area contributed by atoms with Gasteiger partial charge in [0, 0.05) is 36.4 Å². The Morgan fingerprint density at radius 1 is 1.08 bits per heavy atom. The molecule has 328 valence electrons. The average molecular weight is 863 g/mol. The minimum atomic E-state index is -4.91. The molecular formula is C41H53F3N6O9S. The van der Waals surface area contributed by atoms with Crippen LogP contribution in [-0.2, 0) is 29.1 Å². The number of sulfonamides is 1. The highest BCUT2D eigenvalue weighted by Crippen LogP contribution is 2.48. The number of carbonyl (C=O) groups excluding carboxylic acids is 4. The van der Waals surface area contributed by atoms with Gasteiger partial charge in [-0.15, -0.1) is 0 Å². The molecule has 0 unspecified atom stereocenters. The maximum atomic E-state index is 14.8. The molecule has 4 heterocycles. The molecule has 1 saturated heterocycles. The number of nitrogens with one attached hydrogen (secondary N) is 3. The molecule has 5 aliphatic rings. The number of ether oxygens (including phenoxy) is 3. The van der Waals surface area contributed by atoms with E-state index in [9.17, 15) is 40.8 Å². The van der Waals surface area contributed by atoms with Gasteiger partial charge in [0.2, 0.25) is 33.3 Å². The van der Waals surface area contributed by atoms with Gasteiger partial charge in [0.1, 0.15) is 30.3 Å². The van der Waals surface area contributed by atoms with E-state index in [1.54, 1.807) is 32.2 Å². The molecule has 0 spiro atoms. The number of hydrogen-bond donors (Lipinski definition) is 3. The molecule has 1 aromatic carbocycles. The Labute approximate surface area is 347 Å². The van der Waals surface area contributed by atoms with Crippen molar-refractivity contribution in [2.45, 2.75) is 120 Å². The Bertz CT molecular complexity index is 2200. The smallest absolute Gasteiger partial charge is 0.427 e. The SMILES string of the molecule is C[C@@H]1CC/C=C\[C@@H]2C[C@@]2(C(=O)NS(=O)(=O)C2(C)CC2)NC(=O)[C@@H]2C[C@@H](Oc3nccc4c5c(ccc34)N(C)CCO5)CN2C(=O)[C@@H](NC(=O)OC(C)(C)C(F)(F)F)[C@H](C)C1. The zero-order chi connectivity index (χ0) is 43.6. The molecular weight excluding hydrogens is 810 g/mol. The lowest BCUT2D eigenvalue weighted by Gasteiger charge is -2.34. The number of pyridine rings is 1. The zero-order valence-electron chi connectivity index (χ0n) is 34.6. The Morgan fingerprint density at radius 2 is 1.82 bits per heavy atom. The zero-order valence-corrected chi connectivity index (χ0v) is 35.4. The van der Waals surface area contributed by atoms with Gasteiger partial charge in [-0.1, -0.05) is 26.0 Å². The van der Waals surface area contributed by atoms with Crippen molar-refractivity contribution in [2.75, 3.05) is 31.6 Å². The summed E-state index contributed by atoms with van der Waals surface area (Å²) in [6.45, 7) is 7.52. The number of amides is 4. The van der Waals surface area contributed by atoms with Crippen LogP contribution in [0.1, 0.15) is 79.6 Å². The van der Waals surface area contributed by atoms with Crippen molar-refractivity contribution in [3.8, 4) is 11.6 Å². The number of benzene rings is 1. The number of likely N-dealkylation sites (N-methyl/N-ethyl adjacent to an activating group) is 1. The van der Waals surface area contributed by atoms with Crippen LogP contribution in [0.4, 0.5) is 23.7 Å². The molecule has 2 saturated carbocycles. The highest BCUT2D eigenvalue weighted by Gasteiger charge is 2.63. The van der Waals surface area contributed by atoms with Crippen LogP contribution in [0.3, 0.4) is 0 Å². The van der Waals surface area contributed by atoms with Gasteiger partial charge in [-0.25, -0.2) is 18.2 Å². The van der Waals surface area contributed by atoms with Gasteiger partial charge >= 0.3 is 12.3 Å². The van der Waals surface area contributed by atoms with E-state index in [0.29, 0.717) is 70.2 Å². The highest BCUT2D eigenvalue weighted by molar-refractivity contribution is 7.91. The van der Waals surface area contributed by atoms with Crippen LogP contribution in [-0.4, -0.2) is 109 Å². The molecule has 19 heteroatoms. The molecule has 0 radical (unpaired) electrons. The molecule has 7 rings (SSSR count). The van der Waals surface area contributed by atoms with Gasteiger partial charge in [0.15, 0.2) is 5.75 Å². The fourth-order valence-electron chi connectivity index (χ4n) is 8.34. The molecule has 0 bridgehead atoms. The minimum Gasteiger partial charge on any atom is -0.489 e. The van der Waals surface area contributed by atoms with Crippen molar-refractivity contribution < 1.29 is 55.0 Å². The number of anilines is 1. The number of rotatable bonds is 7. The van der Waals surface area contributed by atoms with E-state index >= 15 is 0 Å². The van der Waals surface area contributed by atoms with Crippen LogP contribution in [0.15, 0.2) is 36.5 Å². The standard InChI is InChI=1S/C41H53F3N6O9S/c1-23-9-7-8-10-25-21-40(25,36(53)48-60(55,56)39(5)14-15-39)47-33(51)30-20-26(58-34-28-11-12-29-32(27(28)13-16-45-34)57-18-17-49(29)6)22-50(30)35(52)31(24(2)19-23)46-37(54)59-38(3,4)41(42,43)44/h8,10-13,16,23-26,30-31H,7,9,14-15,17-22H2,1-6H3,(H,46,54)(H,47,51)(H,48,53)/b10-8-/t23-,24-,25-,26-,30+,31+,40-/m1/s1. The summed E-state index contributed by atoms with van der Waals surface area (Å²) in [5.41, 5.74) is -3.65. The molecule has 60 heavy (non-hydrogen) atoms. The van der Waals surface area contributed by atoms with E-state index in [1.807, 2.05) is 32.2 Å². The summed E-state index contributed by atoms with van der Waals surface area (Å²) in [6.07, 6.45) is 0.225. The van der Waals surface area contributed by atoms with Gasteiger partial charge < -0.3 is 34.6 Å². The number of carbonyl (C=O) groups is 4. The lowest BCUT2D eigenvalue weighted by atomic mass is 9.88. The molecule has 2 aromatic rings. The van der Waals surface area contributed by atoms with Crippen LogP contribution in [0, 0.1) is 17.8 Å². The summed E-state index contributed by atoms with van der Waals surface area (Å²) in [5.74, 6) is -2.82. The number of alkyl carbamates (subject to hydrolysis) is 1. The number of alkyl halides is 3. The van der Waals surface area contributed by atoms with Gasteiger partial charge in [-0.3, -0.25) is 19.1 Å². The minimum absolute atomic E-state index is 0.0386. The first-order chi connectivity index (χ1) is 28.1. The van der Waals surface area contributed by atoms with Crippen LogP contribution < -0.4 is 29.7 Å². The summed E-state index contributed by atoms with van der Waals surface area (Å²) >= 11 is 0. The lowest BCUT2D eigenvalue weighted by Crippen LogP contribution is -2.59. The van der Waals surface area contributed by atoms with Crippen LogP contribution in [0.2, 0.25) is 0 Å². The number of allylic oxidation sites excluding steroid dienone is 1. The summed E-state index contributed by atoms with van der Waals surface area (Å²) in [7, 11) is -2.13. The molecule has 4 amide bonds. The lowest BCUT2D eigenvalue weighted by molar-refractivity contribution is -0.244. The summed E-state index contributed by atoms with van der Waals surface area (Å²) in [4.78, 5) is 64.3. The number of fused-ring (bicyclic) bond motifs is 5. The van der Waals surface area contributed by atoms with E-state index in [2.05, 4.69) is 25.2 Å². The number of aromatic nitrogens is 1. The average Bonchev–Trinajstić information content (AvgIpc) is 4.04. The van der Waals surface area contributed by atoms with Crippen molar-refractivity contribution in [3.63, 3.8) is 0 Å². The Morgan fingerprint density at radius 3 is 2.52 bits per heavy atom. The predicted molar refractivity (Wildman–Crippen MR) is 214 cm³/mol. The fourth-order valence-corrected chi connectivity index (χ4v) is 9.65. The summed E-state index contributed by atoms with van der Waals surface area (Å²) in [6, 6.07) is 2.75.